The van der Waals surface area contributed by atoms with Crippen molar-refractivity contribution in [2.45, 2.75) is 12.8 Å². The van der Waals surface area contributed by atoms with E-state index in [9.17, 15) is 4.39 Å². The third-order valence-electron chi connectivity index (χ3n) is 3.61. The minimum atomic E-state index is -0.251. The molecule has 3 aromatic rings. The highest BCUT2D eigenvalue weighted by molar-refractivity contribution is 6.17. The lowest BCUT2D eigenvalue weighted by Crippen LogP contribution is -1.97. The maximum Gasteiger partial charge on any atom is 0.123 e. The first-order valence-corrected chi connectivity index (χ1v) is 8.14. The van der Waals surface area contributed by atoms with Crippen molar-refractivity contribution in [3.8, 4) is 16.9 Å². The summed E-state index contributed by atoms with van der Waals surface area (Å²) in [5.41, 5.74) is 2.59. The van der Waals surface area contributed by atoms with Crippen LogP contribution in [0.15, 0.2) is 54.7 Å². The van der Waals surface area contributed by atoms with E-state index >= 15 is 0 Å². The molecule has 0 radical (unpaired) electrons. The van der Waals surface area contributed by atoms with Gasteiger partial charge in [0.15, 0.2) is 0 Å². The van der Waals surface area contributed by atoms with Gasteiger partial charge in [-0.3, -0.25) is 4.98 Å². The van der Waals surface area contributed by atoms with Gasteiger partial charge in [0, 0.05) is 23.0 Å². The fourth-order valence-corrected chi connectivity index (χ4v) is 2.60. The molecule has 3 rings (SSSR count). The van der Waals surface area contributed by atoms with Gasteiger partial charge in [0.25, 0.3) is 0 Å². The number of hydrogen-bond acceptors (Lipinski definition) is 2. The normalized spacial score (nSPS) is 10.4. The smallest absolute Gasteiger partial charge is 0.123 e. The van der Waals surface area contributed by atoms with Gasteiger partial charge in [-0.25, -0.2) is 4.39 Å². The molecule has 0 saturated heterocycles. The van der Waals surface area contributed by atoms with E-state index in [0.717, 1.165) is 40.6 Å². The van der Waals surface area contributed by atoms with Crippen LogP contribution in [-0.2, 0) is 0 Å². The molecular formula is C19H18Cl2FNO. The molecule has 2 aromatic carbocycles. The van der Waals surface area contributed by atoms with Gasteiger partial charge >= 0.3 is 0 Å². The third-order valence-corrected chi connectivity index (χ3v) is 3.87. The van der Waals surface area contributed by atoms with Gasteiger partial charge in [-0.1, -0.05) is 12.1 Å². The van der Waals surface area contributed by atoms with E-state index in [2.05, 4.69) is 4.98 Å². The van der Waals surface area contributed by atoms with Crippen LogP contribution < -0.4 is 4.74 Å². The van der Waals surface area contributed by atoms with E-state index in [4.69, 9.17) is 16.3 Å². The van der Waals surface area contributed by atoms with E-state index in [-0.39, 0.29) is 18.2 Å². The third kappa shape index (κ3) is 4.59. The van der Waals surface area contributed by atoms with Crippen molar-refractivity contribution in [2.24, 2.45) is 0 Å². The van der Waals surface area contributed by atoms with E-state index in [1.807, 2.05) is 30.3 Å². The number of hydrogen-bond donors (Lipinski definition) is 0. The summed E-state index contributed by atoms with van der Waals surface area (Å²) < 4.78 is 19.1. The van der Waals surface area contributed by atoms with Crippen molar-refractivity contribution in [3.05, 3.63) is 60.5 Å². The molecule has 0 aliphatic heterocycles. The first kappa shape index (κ1) is 18.5. The maximum atomic E-state index is 13.4. The predicted molar refractivity (Wildman–Crippen MR) is 99.8 cm³/mol. The summed E-state index contributed by atoms with van der Waals surface area (Å²) >= 11 is 5.66. The number of alkyl halides is 1. The van der Waals surface area contributed by atoms with Crippen LogP contribution in [0.4, 0.5) is 4.39 Å². The van der Waals surface area contributed by atoms with Gasteiger partial charge in [-0.05, 0) is 54.8 Å². The molecule has 0 aliphatic carbocycles. The number of ether oxygens (including phenoxy) is 1. The predicted octanol–water partition coefficient (Wildman–Crippen LogP) is 5.86. The summed E-state index contributed by atoms with van der Waals surface area (Å²) in [6.07, 6.45) is 3.64. The Hall–Kier alpha value is -1.84. The fourth-order valence-electron chi connectivity index (χ4n) is 2.41. The number of aromatic nitrogens is 1. The fraction of sp³-hybridized carbons (Fsp3) is 0.211. The Bertz CT molecular complexity index is 810. The van der Waals surface area contributed by atoms with Crippen LogP contribution in [0, 0.1) is 5.82 Å². The van der Waals surface area contributed by atoms with Crippen LogP contribution in [0.5, 0.6) is 5.75 Å². The van der Waals surface area contributed by atoms with Crippen LogP contribution in [0.2, 0.25) is 0 Å². The SMILES string of the molecule is Cl.Fc1cccc(-c2cnc3ccc(OCCCCCl)cc3c2)c1. The van der Waals surface area contributed by atoms with Crippen molar-refractivity contribution < 1.29 is 9.13 Å². The zero-order valence-corrected chi connectivity index (χ0v) is 14.6. The summed E-state index contributed by atoms with van der Waals surface area (Å²) in [5, 5.41) is 0.974. The van der Waals surface area contributed by atoms with Crippen LogP contribution in [0.25, 0.3) is 22.0 Å². The Morgan fingerprint density at radius 2 is 1.88 bits per heavy atom. The van der Waals surface area contributed by atoms with E-state index in [0.29, 0.717) is 12.5 Å². The summed E-state index contributed by atoms with van der Waals surface area (Å²) in [6, 6.07) is 14.3. The lowest BCUT2D eigenvalue weighted by molar-refractivity contribution is 0.310. The number of rotatable bonds is 6. The number of unbranched alkanes of at least 4 members (excludes halogenated alkanes) is 1. The molecule has 0 atom stereocenters. The molecule has 0 saturated carbocycles. The highest BCUT2D eigenvalue weighted by atomic mass is 35.5. The van der Waals surface area contributed by atoms with Crippen LogP contribution in [0.3, 0.4) is 0 Å². The van der Waals surface area contributed by atoms with Gasteiger partial charge < -0.3 is 4.74 Å². The lowest BCUT2D eigenvalue weighted by atomic mass is 10.1. The van der Waals surface area contributed by atoms with Crippen LogP contribution in [0.1, 0.15) is 12.8 Å². The second kappa shape index (κ2) is 8.86. The number of nitrogens with zero attached hydrogens (tertiary/aromatic N) is 1. The topological polar surface area (TPSA) is 22.1 Å². The molecule has 0 spiro atoms. The Labute approximate surface area is 152 Å². The Kier molecular flexibility index (Phi) is 6.83. The molecule has 0 fully saturated rings. The van der Waals surface area contributed by atoms with Gasteiger partial charge in [0.05, 0.1) is 12.1 Å². The molecule has 0 N–H and O–H groups in total. The molecule has 1 aromatic heterocycles. The average molecular weight is 366 g/mol. The molecule has 0 unspecified atom stereocenters. The van der Waals surface area contributed by atoms with Crippen molar-refractivity contribution in [3.63, 3.8) is 0 Å². The zero-order chi connectivity index (χ0) is 16.1. The largest absolute Gasteiger partial charge is 0.494 e. The monoisotopic (exact) mass is 365 g/mol. The molecule has 24 heavy (non-hydrogen) atoms. The summed E-state index contributed by atoms with van der Waals surface area (Å²) in [6.45, 7) is 0.648. The van der Waals surface area contributed by atoms with Crippen molar-refractivity contribution >= 4 is 34.9 Å². The second-order valence-corrected chi connectivity index (χ2v) is 5.71. The van der Waals surface area contributed by atoms with Crippen LogP contribution in [-0.4, -0.2) is 17.5 Å². The zero-order valence-electron chi connectivity index (χ0n) is 13.0. The number of halogens is 3. The first-order chi connectivity index (χ1) is 11.3. The molecule has 2 nitrogen and oxygen atoms in total. The number of pyridine rings is 1. The quantitative estimate of drug-likeness (QED) is 0.403. The molecule has 5 heteroatoms. The molecule has 1 heterocycles. The average Bonchev–Trinajstić information content (AvgIpc) is 2.58. The van der Waals surface area contributed by atoms with E-state index in [1.165, 1.54) is 12.1 Å². The number of fused-ring (bicyclic) bond motifs is 1. The van der Waals surface area contributed by atoms with E-state index < -0.39 is 0 Å². The van der Waals surface area contributed by atoms with Crippen molar-refractivity contribution in [1.29, 1.82) is 0 Å². The van der Waals surface area contributed by atoms with Gasteiger partial charge in [0.2, 0.25) is 0 Å². The van der Waals surface area contributed by atoms with Gasteiger partial charge in [-0.15, -0.1) is 24.0 Å². The molecule has 0 amide bonds. The van der Waals surface area contributed by atoms with Gasteiger partial charge in [0.1, 0.15) is 11.6 Å². The highest BCUT2D eigenvalue weighted by Crippen LogP contribution is 2.26. The second-order valence-electron chi connectivity index (χ2n) is 5.33. The molecular weight excluding hydrogens is 348 g/mol. The highest BCUT2D eigenvalue weighted by Gasteiger charge is 2.04. The molecule has 0 bridgehead atoms. The number of benzene rings is 2. The summed E-state index contributed by atoms with van der Waals surface area (Å²) in [4.78, 5) is 4.44. The minimum absolute atomic E-state index is 0. The maximum absolute atomic E-state index is 13.4. The Balaban J connectivity index is 0.00000208. The summed E-state index contributed by atoms with van der Waals surface area (Å²) in [7, 11) is 0. The van der Waals surface area contributed by atoms with Crippen molar-refractivity contribution in [1.82, 2.24) is 4.98 Å². The summed E-state index contributed by atoms with van der Waals surface area (Å²) in [5.74, 6) is 1.21. The van der Waals surface area contributed by atoms with Crippen LogP contribution >= 0.6 is 24.0 Å². The first-order valence-electron chi connectivity index (χ1n) is 7.61. The van der Waals surface area contributed by atoms with Crippen molar-refractivity contribution in [2.75, 3.05) is 12.5 Å². The Morgan fingerprint density at radius 3 is 2.67 bits per heavy atom. The molecule has 126 valence electrons. The lowest BCUT2D eigenvalue weighted by Gasteiger charge is -2.08. The minimum Gasteiger partial charge on any atom is -0.494 e. The standard InChI is InChI=1S/C19H17ClFNO.ClH/c20-8-1-2-9-23-18-6-7-19-15(12-18)10-16(13-22-19)14-4-3-5-17(21)11-14;/h3-7,10-13H,1-2,8-9H2;1H. The Morgan fingerprint density at radius 1 is 1.00 bits per heavy atom. The van der Waals surface area contributed by atoms with E-state index in [1.54, 1.807) is 12.3 Å². The molecule has 0 aliphatic rings. The van der Waals surface area contributed by atoms with Gasteiger partial charge in [-0.2, -0.15) is 0 Å².